The number of aryl methyl sites for hydroxylation is 1. The summed E-state index contributed by atoms with van der Waals surface area (Å²) in [6.07, 6.45) is 8.57. The zero-order chi connectivity index (χ0) is 27.7. The quantitative estimate of drug-likeness (QED) is 0.209. The molecule has 3 aromatic rings. The molecule has 1 unspecified atom stereocenters. The molecule has 0 amide bonds. The predicted octanol–water partition coefficient (Wildman–Crippen LogP) is 11.7. The standard InChI is InChI=1S/C33H37N2Si.CH3.2ClH.Ti/c1-22(2)27-21-28-25(24-19-17-23(3)18-20-24)11-10-12-26(28)33(27)36(4,5)35-31-15-8-6-13-29(31)34-30-14-7-9-16-32(30)35;;;;/h6-20,22,26-28,33H,21H2,1-5H3;1H3;2*1H;/q2*-1;;;+2/p-2/t26-,27-,28+,33?;;;;/m0..../s1. The fourth-order valence-electron chi connectivity index (χ4n) is 7.40. The van der Waals surface area contributed by atoms with E-state index in [1.54, 1.807) is 0 Å². The average molecular weight is 624 g/mol. The van der Waals surface area contributed by atoms with Crippen molar-refractivity contribution < 1.29 is 17.0 Å². The fourth-order valence-corrected chi connectivity index (χ4v) is 12.2. The van der Waals surface area contributed by atoms with Crippen molar-refractivity contribution in [3.05, 3.63) is 115 Å². The normalized spacial score (nSPS) is 22.5. The van der Waals surface area contributed by atoms with Crippen LogP contribution in [-0.4, -0.2) is 8.24 Å². The molecule has 4 atom stereocenters. The summed E-state index contributed by atoms with van der Waals surface area (Å²) in [5.74, 6) is 2.50. The van der Waals surface area contributed by atoms with Gasteiger partial charge in [-0.15, -0.1) is 11.4 Å². The van der Waals surface area contributed by atoms with Crippen LogP contribution in [0.1, 0.15) is 31.4 Å². The van der Waals surface area contributed by atoms with E-state index in [0.29, 0.717) is 29.2 Å². The molecule has 210 valence electrons. The molecule has 0 saturated heterocycles. The molecule has 3 aliphatic rings. The van der Waals surface area contributed by atoms with Crippen molar-refractivity contribution >= 4 is 55.2 Å². The summed E-state index contributed by atoms with van der Waals surface area (Å²) in [6, 6.07) is 26.7. The van der Waals surface area contributed by atoms with Gasteiger partial charge in [0.2, 0.25) is 0 Å². The average Bonchev–Trinajstić information content (AvgIpc) is 3.34. The van der Waals surface area contributed by atoms with Crippen molar-refractivity contribution in [1.82, 2.24) is 0 Å². The summed E-state index contributed by atoms with van der Waals surface area (Å²) in [6.45, 7) is 12.3. The van der Waals surface area contributed by atoms with Crippen molar-refractivity contribution in [3.63, 3.8) is 0 Å². The molecule has 2 nitrogen and oxygen atoms in total. The molecule has 0 spiro atoms. The molecule has 1 aliphatic heterocycles. The number of nitrogens with zero attached hydrogens (tertiary/aromatic N) is 2. The molecule has 0 bridgehead atoms. The second-order valence-electron chi connectivity index (χ2n) is 11.9. The van der Waals surface area contributed by atoms with Gasteiger partial charge in [-0.2, -0.15) is 0 Å². The summed E-state index contributed by atoms with van der Waals surface area (Å²) in [5, 5.41) is 5.05. The first-order valence-electron chi connectivity index (χ1n) is 13.9. The maximum atomic E-state index is 5.05. The van der Waals surface area contributed by atoms with E-state index in [2.05, 4.69) is 129 Å². The van der Waals surface area contributed by atoms with Crippen LogP contribution in [0.15, 0.2) is 91.0 Å². The van der Waals surface area contributed by atoms with Crippen molar-refractivity contribution in [2.45, 2.75) is 45.8 Å². The third kappa shape index (κ3) is 5.78. The van der Waals surface area contributed by atoms with Crippen LogP contribution < -0.4 is 4.57 Å². The molecule has 0 aromatic heterocycles. The molecular weight excluding hydrogens is 583 g/mol. The Hall–Kier alpha value is -1.75. The van der Waals surface area contributed by atoms with E-state index in [-0.39, 0.29) is 7.43 Å². The minimum atomic E-state index is -2.05. The van der Waals surface area contributed by atoms with Gasteiger partial charge < -0.3 is 17.3 Å². The number of rotatable bonds is 4. The first kappa shape index (κ1) is 31.2. The van der Waals surface area contributed by atoms with Crippen LogP contribution in [0, 0.1) is 38.0 Å². The molecule has 40 heavy (non-hydrogen) atoms. The summed E-state index contributed by atoms with van der Waals surface area (Å²) in [5.41, 5.74) is 9.68. The number of halogens is 2. The number of allylic oxidation sites excluding steroid dienone is 4. The number of anilines is 2. The van der Waals surface area contributed by atoms with E-state index >= 15 is 0 Å². The van der Waals surface area contributed by atoms with Crippen molar-refractivity contribution in [2.24, 2.45) is 23.7 Å². The van der Waals surface area contributed by atoms with Gasteiger partial charge in [0.25, 0.3) is 0 Å². The molecule has 1 fully saturated rings. The van der Waals surface area contributed by atoms with E-state index in [4.69, 9.17) is 23.9 Å². The first-order valence-corrected chi connectivity index (χ1v) is 21.2. The van der Waals surface area contributed by atoms with Crippen LogP contribution in [0.5, 0.6) is 0 Å². The zero-order valence-corrected chi connectivity index (χ0v) is 28.5. The Bertz CT molecular complexity index is 1320. The Balaban J connectivity index is 0.000000886. The molecular formula is C34H40Cl2N2SiTi-2. The van der Waals surface area contributed by atoms with E-state index in [1.807, 2.05) is 0 Å². The van der Waals surface area contributed by atoms with Gasteiger partial charge in [0, 0.05) is 11.4 Å². The van der Waals surface area contributed by atoms with Gasteiger partial charge in [-0.3, -0.25) is 0 Å². The third-order valence-corrected chi connectivity index (χ3v) is 13.1. The molecule has 1 heterocycles. The van der Waals surface area contributed by atoms with E-state index in [9.17, 15) is 0 Å². The number of fused-ring (bicyclic) bond motifs is 3. The Morgan fingerprint density at radius 3 is 2.00 bits per heavy atom. The van der Waals surface area contributed by atoms with Crippen LogP contribution in [0.2, 0.25) is 18.6 Å². The minimum absolute atomic E-state index is 0. The second kappa shape index (κ2) is 13.0. The predicted molar refractivity (Wildman–Crippen MR) is 175 cm³/mol. The van der Waals surface area contributed by atoms with Crippen LogP contribution in [-0.2, 0) is 17.0 Å². The van der Waals surface area contributed by atoms with Crippen LogP contribution in [0.3, 0.4) is 0 Å². The van der Waals surface area contributed by atoms with Crippen LogP contribution >= 0.6 is 18.6 Å². The van der Waals surface area contributed by atoms with Crippen molar-refractivity contribution in [2.75, 3.05) is 4.57 Å². The summed E-state index contributed by atoms with van der Waals surface area (Å²) in [7, 11) is 7.73. The molecule has 6 rings (SSSR count). The molecule has 6 heteroatoms. The molecule has 1 saturated carbocycles. The zero-order valence-electron chi connectivity index (χ0n) is 24.4. The van der Waals surface area contributed by atoms with Gasteiger partial charge in [-0.05, 0) is 65.8 Å². The molecule has 2 aliphatic carbocycles. The van der Waals surface area contributed by atoms with Gasteiger partial charge in [0.1, 0.15) is 0 Å². The topological polar surface area (TPSA) is 17.3 Å². The molecule has 3 aromatic carbocycles. The van der Waals surface area contributed by atoms with E-state index < -0.39 is 25.3 Å². The van der Waals surface area contributed by atoms with E-state index in [0.717, 1.165) is 11.4 Å². The van der Waals surface area contributed by atoms with E-state index in [1.165, 1.54) is 34.5 Å². The number of hydrogen-bond acceptors (Lipinski definition) is 1. The molecule has 0 radical (unpaired) electrons. The van der Waals surface area contributed by atoms with Crippen LogP contribution in [0.4, 0.5) is 22.7 Å². The SMILES string of the molecule is Cc1ccc(C2=CC=C[C@@H]3C([Si](C)(C)N4c5ccccc5[N-]c5ccccc54)[C@H](C(C)C)C[C@H]23)cc1.[CH3-].[Cl][Ti][Cl]. The Labute approximate surface area is 259 Å². The van der Waals surface area contributed by atoms with Gasteiger partial charge in [0.05, 0.1) is 0 Å². The van der Waals surface area contributed by atoms with Gasteiger partial charge in [-0.1, -0.05) is 111 Å². The Morgan fingerprint density at radius 2 is 1.45 bits per heavy atom. The summed E-state index contributed by atoms with van der Waals surface area (Å²) < 4.78 is 2.75. The number of para-hydroxylation sites is 4. The first-order chi connectivity index (χ1) is 18.8. The summed E-state index contributed by atoms with van der Waals surface area (Å²) >= 11 is -0.556. The van der Waals surface area contributed by atoms with Crippen molar-refractivity contribution in [3.8, 4) is 0 Å². The monoisotopic (exact) mass is 622 g/mol. The Kier molecular flexibility index (Phi) is 10.2. The fraction of sp³-hybridized carbons (Fsp3) is 0.324. The third-order valence-electron chi connectivity index (χ3n) is 8.99. The van der Waals surface area contributed by atoms with Gasteiger partial charge in [-0.25, -0.2) is 0 Å². The van der Waals surface area contributed by atoms with Gasteiger partial charge in [0.15, 0.2) is 8.24 Å². The number of hydrogen-bond donors (Lipinski definition) is 0. The van der Waals surface area contributed by atoms with Crippen molar-refractivity contribution in [1.29, 1.82) is 0 Å². The second-order valence-corrected chi connectivity index (χ2v) is 18.9. The number of benzene rings is 3. The Morgan fingerprint density at radius 1 is 0.900 bits per heavy atom. The van der Waals surface area contributed by atoms with Crippen LogP contribution in [0.25, 0.3) is 10.9 Å². The van der Waals surface area contributed by atoms with Gasteiger partial charge >= 0.3 is 35.6 Å². The molecule has 0 N–H and O–H groups in total. The summed E-state index contributed by atoms with van der Waals surface area (Å²) in [4.78, 5) is 0. The maximum absolute atomic E-state index is 5.05.